The summed E-state index contributed by atoms with van der Waals surface area (Å²) in [4.78, 5) is 9.91. The van der Waals surface area contributed by atoms with Gasteiger partial charge in [0.15, 0.2) is 0 Å². The molecule has 0 aliphatic carbocycles. The van der Waals surface area contributed by atoms with Crippen LogP contribution in [0.1, 0.15) is 67.1 Å². The van der Waals surface area contributed by atoms with Crippen LogP contribution in [0.2, 0.25) is 0 Å². The number of anilines is 1. The highest BCUT2D eigenvalue weighted by Crippen LogP contribution is 2.27. The summed E-state index contributed by atoms with van der Waals surface area (Å²) in [6, 6.07) is 5.40. The van der Waals surface area contributed by atoms with Crippen molar-refractivity contribution in [1.82, 2.24) is 25.0 Å². The van der Waals surface area contributed by atoms with E-state index in [-0.39, 0.29) is 0 Å². The maximum atomic E-state index is 4.81. The molecule has 0 spiro atoms. The molecule has 0 amide bonds. The molecule has 4 heterocycles. The van der Waals surface area contributed by atoms with Crippen molar-refractivity contribution in [3.8, 4) is 0 Å². The summed E-state index contributed by atoms with van der Waals surface area (Å²) in [6.07, 6.45) is 2.45. The summed E-state index contributed by atoms with van der Waals surface area (Å²) >= 11 is 0. The molecule has 1 N–H and O–H groups in total. The molecule has 2 aliphatic rings. The topological polar surface area (TPSA) is 49.2 Å². The predicted molar refractivity (Wildman–Crippen MR) is 119 cm³/mol. The highest BCUT2D eigenvalue weighted by molar-refractivity contribution is 5.49. The second-order valence-electron chi connectivity index (χ2n) is 8.99. The Morgan fingerprint density at radius 1 is 1.10 bits per heavy atom. The lowest BCUT2D eigenvalue weighted by molar-refractivity contribution is 0.249. The third kappa shape index (κ3) is 4.33. The maximum absolute atomic E-state index is 4.81. The molecule has 0 radical (unpaired) electrons. The number of piperazine rings is 1. The Balaban J connectivity index is 1.41. The first-order valence-electron chi connectivity index (χ1n) is 11.2. The molecule has 4 rings (SSSR count). The smallest absolute Gasteiger partial charge is 0.0641 e. The van der Waals surface area contributed by atoms with E-state index in [2.05, 4.69) is 66.5 Å². The van der Waals surface area contributed by atoms with Gasteiger partial charge in [0, 0.05) is 67.4 Å². The van der Waals surface area contributed by atoms with Crippen LogP contribution in [-0.4, -0.2) is 52.4 Å². The zero-order chi connectivity index (χ0) is 20.5. The molecule has 2 fully saturated rings. The number of nitrogens with zero attached hydrogens (tertiary/aromatic N) is 5. The van der Waals surface area contributed by atoms with Gasteiger partial charge in [0.2, 0.25) is 0 Å². The number of aromatic nitrogens is 3. The lowest BCUT2D eigenvalue weighted by Crippen LogP contribution is -2.46. The van der Waals surface area contributed by atoms with Crippen molar-refractivity contribution in [2.45, 2.75) is 66.1 Å². The van der Waals surface area contributed by atoms with Crippen molar-refractivity contribution in [2.24, 2.45) is 0 Å². The van der Waals surface area contributed by atoms with Gasteiger partial charge in [0.25, 0.3) is 0 Å². The molecule has 2 aromatic rings. The molecule has 6 heteroatoms. The third-order valence-electron chi connectivity index (χ3n) is 6.46. The van der Waals surface area contributed by atoms with E-state index in [0.717, 1.165) is 45.0 Å². The molecule has 0 aromatic carbocycles. The first kappa shape index (κ1) is 20.4. The van der Waals surface area contributed by atoms with E-state index in [1.54, 1.807) is 0 Å². The molecule has 6 nitrogen and oxygen atoms in total. The first-order valence-corrected chi connectivity index (χ1v) is 11.2. The van der Waals surface area contributed by atoms with Crippen molar-refractivity contribution in [1.29, 1.82) is 0 Å². The minimum atomic E-state index is 0.415. The van der Waals surface area contributed by atoms with Crippen LogP contribution >= 0.6 is 0 Å². The molecule has 2 saturated heterocycles. The number of aryl methyl sites for hydroxylation is 2. The van der Waals surface area contributed by atoms with Crippen LogP contribution < -0.4 is 10.2 Å². The van der Waals surface area contributed by atoms with Gasteiger partial charge in [0.05, 0.1) is 11.4 Å². The zero-order valence-electron chi connectivity index (χ0n) is 18.7. The van der Waals surface area contributed by atoms with Crippen molar-refractivity contribution >= 4 is 5.69 Å². The molecule has 0 bridgehead atoms. The average molecular weight is 397 g/mol. The molecular formula is C23H36N6. The van der Waals surface area contributed by atoms with Gasteiger partial charge in [-0.15, -0.1) is 0 Å². The van der Waals surface area contributed by atoms with Gasteiger partial charge in [0.1, 0.15) is 0 Å². The minimum Gasteiger partial charge on any atom is -0.369 e. The molecule has 2 aromatic heterocycles. The molecule has 0 unspecified atom stereocenters. The Labute approximate surface area is 175 Å². The molecule has 2 aliphatic heterocycles. The second-order valence-corrected chi connectivity index (χ2v) is 8.99. The standard InChI is InChI=1S/C23H36N6/c1-16(2)29-19(5)21(18(4)26-29)15-27-9-11-28(12-10-27)20-13-17(3)25-23(14-20)22-7-6-8-24-22/h13-14,16,22,24H,6-12,15H2,1-5H3/t22-/m0/s1. The molecule has 29 heavy (non-hydrogen) atoms. The summed E-state index contributed by atoms with van der Waals surface area (Å²) in [7, 11) is 0. The van der Waals surface area contributed by atoms with Crippen molar-refractivity contribution in [3.05, 3.63) is 40.5 Å². The molecule has 158 valence electrons. The monoisotopic (exact) mass is 396 g/mol. The van der Waals surface area contributed by atoms with Crippen molar-refractivity contribution in [3.63, 3.8) is 0 Å². The predicted octanol–water partition coefficient (Wildman–Crippen LogP) is 3.53. The lowest BCUT2D eigenvalue weighted by atomic mass is 10.1. The number of pyridine rings is 1. The number of hydrogen-bond acceptors (Lipinski definition) is 5. The minimum absolute atomic E-state index is 0.415. The van der Waals surface area contributed by atoms with E-state index in [0.29, 0.717) is 12.1 Å². The van der Waals surface area contributed by atoms with Gasteiger partial charge in [-0.1, -0.05) is 0 Å². The molecule has 1 atom stereocenters. The van der Waals surface area contributed by atoms with Crippen LogP contribution in [-0.2, 0) is 6.54 Å². The Bertz CT molecular complexity index is 841. The quantitative estimate of drug-likeness (QED) is 0.838. The Hall–Kier alpha value is -1.92. The maximum Gasteiger partial charge on any atom is 0.0641 e. The average Bonchev–Trinajstić information content (AvgIpc) is 3.32. The van der Waals surface area contributed by atoms with Crippen LogP contribution in [0, 0.1) is 20.8 Å². The van der Waals surface area contributed by atoms with E-state index in [1.807, 2.05) is 0 Å². The fraction of sp³-hybridized carbons (Fsp3) is 0.652. The first-order chi connectivity index (χ1) is 13.9. The van der Waals surface area contributed by atoms with Crippen LogP contribution in [0.5, 0.6) is 0 Å². The van der Waals surface area contributed by atoms with Crippen LogP contribution in [0.25, 0.3) is 0 Å². The van der Waals surface area contributed by atoms with Gasteiger partial charge < -0.3 is 10.2 Å². The highest BCUT2D eigenvalue weighted by Gasteiger charge is 2.23. The zero-order valence-corrected chi connectivity index (χ0v) is 18.7. The van der Waals surface area contributed by atoms with Gasteiger partial charge in [-0.05, 0) is 66.1 Å². The fourth-order valence-electron chi connectivity index (χ4n) is 4.79. The van der Waals surface area contributed by atoms with Gasteiger partial charge in [-0.3, -0.25) is 14.6 Å². The van der Waals surface area contributed by atoms with Gasteiger partial charge in [-0.2, -0.15) is 5.10 Å². The Morgan fingerprint density at radius 2 is 1.86 bits per heavy atom. The SMILES string of the molecule is Cc1cc(N2CCN(Cc3c(C)nn(C(C)C)c3C)CC2)cc([C@@H]2CCCN2)n1. The normalized spacial score (nSPS) is 20.8. The second kappa shape index (κ2) is 8.44. The Kier molecular flexibility index (Phi) is 5.93. The highest BCUT2D eigenvalue weighted by atomic mass is 15.3. The lowest BCUT2D eigenvalue weighted by Gasteiger charge is -2.36. The summed E-state index contributed by atoms with van der Waals surface area (Å²) in [5, 5.41) is 8.35. The van der Waals surface area contributed by atoms with Gasteiger partial charge >= 0.3 is 0 Å². The summed E-state index contributed by atoms with van der Waals surface area (Å²) in [5.41, 5.74) is 7.58. The summed E-state index contributed by atoms with van der Waals surface area (Å²) in [5.74, 6) is 0. The van der Waals surface area contributed by atoms with Gasteiger partial charge in [-0.25, -0.2) is 0 Å². The Morgan fingerprint density at radius 3 is 2.48 bits per heavy atom. The van der Waals surface area contributed by atoms with Crippen LogP contribution in [0.4, 0.5) is 5.69 Å². The van der Waals surface area contributed by atoms with E-state index in [4.69, 9.17) is 10.1 Å². The summed E-state index contributed by atoms with van der Waals surface area (Å²) in [6.45, 7) is 17.3. The van der Waals surface area contributed by atoms with E-state index < -0.39 is 0 Å². The van der Waals surface area contributed by atoms with Crippen molar-refractivity contribution < 1.29 is 0 Å². The fourth-order valence-corrected chi connectivity index (χ4v) is 4.79. The van der Waals surface area contributed by atoms with Crippen molar-refractivity contribution in [2.75, 3.05) is 37.6 Å². The number of nitrogens with one attached hydrogen (secondary N) is 1. The van der Waals surface area contributed by atoms with E-state index in [9.17, 15) is 0 Å². The third-order valence-corrected chi connectivity index (χ3v) is 6.46. The van der Waals surface area contributed by atoms with E-state index in [1.165, 1.54) is 41.2 Å². The molecular weight excluding hydrogens is 360 g/mol. The summed E-state index contributed by atoms with van der Waals surface area (Å²) < 4.78 is 2.17. The van der Waals surface area contributed by atoms with E-state index >= 15 is 0 Å². The molecule has 0 saturated carbocycles. The number of rotatable bonds is 5. The van der Waals surface area contributed by atoms with Crippen LogP contribution in [0.3, 0.4) is 0 Å². The number of hydrogen-bond donors (Lipinski definition) is 1. The van der Waals surface area contributed by atoms with Crippen LogP contribution in [0.15, 0.2) is 12.1 Å². The largest absolute Gasteiger partial charge is 0.369 e.